The highest BCUT2D eigenvalue weighted by Gasteiger charge is 2.36. The van der Waals surface area contributed by atoms with Gasteiger partial charge in [0.2, 0.25) is 0 Å². The highest BCUT2D eigenvalue weighted by molar-refractivity contribution is 6.09. The number of hydrogen-bond donors (Lipinski definition) is 0. The van der Waals surface area contributed by atoms with Crippen molar-refractivity contribution in [1.29, 1.82) is 0 Å². The zero-order valence-electron chi connectivity index (χ0n) is 36.5. The predicted octanol–water partition coefficient (Wildman–Crippen LogP) is 17.2. The van der Waals surface area contributed by atoms with Gasteiger partial charge in [-0.2, -0.15) is 0 Å². The van der Waals surface area contributed by atoms with Crippen molar-refractivity contribution in [2.45, 2.75) is 19.3 Å². The molecular weight excluding hydrogens is 785 g/mol. The number of nitrogens with zero attached hydrogens (tertiary/aromatic N) is 2. The second kappa shape index (κ2) is 15.6. The SMILES string of the molecule is CC1(C)c2ccccc2-c2ccc(N(c3cccc(-n4c5ccccc5c5ccccc54)c3)c3cccc(-c4ccccc4-c4ccccc4)c3-c3ccc(-c4ccccc4)cc3)cc21. The van der Waals surface area contributed by atoms with Gasteiger partial charge in [-0.3, -0.25) is 0 Å². The highest BCUT2D eigenvalue weighted by Crippen LogP contribution is 2.53. The monoisotopic (exact) mass is 830 g/mol. The average molecular weight is 831 g/mol. The molecule has 2 heteroatoms. The lowest BCUT2D eigenvalue weighted by molar-refractivity contribution is 0.660. The van der Waals surface area contributed by atoms with Crippen molar-refractivity contribution >= 4 is 38.9 Å². The van der Waals surface area contributed by atoms with E-state index in [-0.39, 0.29) is 5.41 Å². The maximum atomic E-state index is 2.51. The van der Waals surface area contributed by atoms with E-state index < -0.39 is 0 Å². The second-order valence-electron chi connectivity index (χ2n) is 17.7. The van der Waals surface area contributed by atoms with Crippen LogP contribution in [-0.2, 0) is 5.41 Å². The number of hydrogen-bond acceptors (Lipinski definition) is 1. The first-order chi connectivity index (χ1) is 32.0. The van der Waals surface area contributed by atoms with Crippen molar-refractivity contribution in [1.82, 2.24) is 4.57 Å². The zero-order chi connectivity index (χ0) is 43.5. The number of anilines is 3. The van der Waals surface area contributed by atoms with Crippen molar-refractivity contribution in [3.05, 3.63) is 254 Å². The highest BCUT2D eigenvalue weighted by atomic mass is 15.1. The van der Waals surface area contributed by atoms with Crippen molar-refractivity contribution in [3.63, 3.8) is 0 Å². The first-order valence-corrected chi connectivity index (χ1v) is 22.6. The summed E-state index contributed by atoms with van der Waals surface area (Å²) in [6.07, 6.45) is 0. The average Bonchev–Trinajstić information content (AvgIpc) is 3.83. The molecule has 12 rings (SSSR count). The molecule has 0 saturated heterocycles. The summed E-state index contributed by atoms with van der Waals surface area (Å²) in [7, 11) is 0. The van der Waals surface area contributed by atoms with Gasteiger partial charge in [0.1, 0.15) is 0 Å². The van der Waals surface area contributed by atoms with E-state index in [1.54, 1.807) is 0 Å². The summed E-state index contributed by atoms with van der Waals surface area (Å²) in [6, 6.07) is 89.0. The van der Waals surface area contributed by atoms with Crippen LogP contribution in [0.15, 0.2) is 243 Å². The molecule has 2 nitrogen and oxygen atoms in total. The molecule has 0 spiro atoms. The maximum absolute atomic E-state index is 2.51. The molecule has 0 amide bonds. The van der Waals surface area contributed by atoms with Crippen LogP contribution in [0, 0.1) is 0 Å². The lowest BCUT2D eigenvalue weighted by atomic mass is 9.82. The number of rotatable bonds is 8. The van der Waals surface area contributed by atoms with Crippen LogP contribution in [0.25, 0.3) is 83.1 Å². The fourth-order valence-corrected chi connectivity index (χ4v) is 10.5. The van der Waals surface area contributed by atoms with E-state index in [0.29, 0.717) is 0 Å². The lowest BCUT2D eigenvalue weighted by Crippen LogP contribution is -2.17. The van der Waals surface area contributed by atoms with E-state index in [1.807, 2.05) is 0 Å². The van der Waals surface area contributed by atoms with Gasteiger partial charge in [0.05, 0.1) is 16.7 Å². The number of benzene rings is 10. The Morgan fingerprint density at radius 2 is 0.862 bits per heavy atom. The van der Waals surface area contributed by atoms with Crippen molar-refractivity contribution in [3.8, 4) is 61.3 Å². The van der Waals surface area contributed by atoms with Crippen molar-refractivity contribution in [2.24, 2.45) is 0 Å². The van der Waals surface area contributed by atoms with Crippen LogP contribution in [0.4, 0.5) is 17.1 Å². The number of aromatic nitrogens is 1. The van der Waals surface area contributed by atoms with Crippen LogP contribution >= 0.6 is 0 Å². The predicted molar refractivity (Wildman–Crippen MR) is 275 cm³/mol. The third-order valence-electron chi connectivity index (χ3n) is 13.6. The van der Waals surface area contributed by atoms with Gasteiger partial charge < -0.3 is 9.47 Å². The Balaban J connectivity index is 1.14. The first-order valence-electron chi connectivity index (χ1n) is 22.6. The lowest BCUT2D eigenvalue weighted by Gasteiger charge is -2.31. The summed E-state index contributed by atoms with van der Waals surface area (Å²) < 4.78 is 2.42. The fraction of sp³-hybridized carbons (Fsp3) is 0.0476. The molecule has 0 unspecified atom stereocenters. The quantitative estimate of drug-likeness (QED) is 0.148. The van der Waals surface area contributed by atoms with Crippen LogP contribution in [0.3, 0.4) is 0 Å². The van der Waals surface area contributed by atoms with Crippen molar-refractivity contribution in [2.75, 3.05) is 4.90 Å². The standard InChI is InChI=1S/C63H46N2/c1-63(2)57-31-14-11-27-52(57)53-40-39-49(42-58(53)63)64(47-23-17-24-48(41-47)65-59-32-15-12-28-54(59)55-29-13-16-33-60(55)65)61-34-18-30-56(51-26-10-9-25-50(51)45-21-7-4-8-22-45)62(61)46-37-35-44(36-38-46)43-19-5-3-6-20-43/h3-42H,1-2H3. The molecule has 0 saturated carbocycles. The van der Waals surface area contributed by atoms with Crippen LogP contribution in [-0.4, -0.2) is 4.57 Å². The van der Waals surface area contributed by atoms with Crippen LogP contribution in [0.2, 0.25) is 0 Å². The fourth-order valence-electron chi connectivity index (χ4n) is 10.5. The normalized spacial score (nSPS) is 12.6. The maximum Gasteiger partial charge on any atom is 0.0546 e. The van der Waals surface area contributed by atoms with E-state index in [0.717, 1.165) is 28.3 Å². The molecule has 1 aromatic heterocycles. The Morgan fingerprint density at radius 3 is 1.58 bits per heavy atom. The Bertz CT molecular complexity index is 3510. The van der Waals surface area contributed by atoms with Gasteiger partial charge in [-0.25, -0.2) is 0 Å². The topological polar surface area (TPSA) is 8.17 Å². The molecule has 0 aliphatic heterocycles. The van der Waals surface area contributed by atoms with Crippen LogP contribution in [0.5, 0.6) is 0 Å². The van der Waals surface area contributed by atoms with Gasteiger partial charge in [-0.1, -0.05) is 208 Å². The zero-order valence-corrected chi connectivity index (χ0v) is 36.5. The van der Waals surface area contributed by atoms with Crippen molar-refractivity contribution < 1.29 is 0 Å². The molecule has 0 bridgehead atoms. The van der Waals surface area contributed by atoms with E-state index in [1.165, 1.54) is 83.0 Å². The third-order valence-corrected chi connectivity index (χ3v) is 13.6. The Hall–Kier alpha value is -8.20. The molecular formula is C63H46N2. The molecule has 65 heavy (non-hydrogen) atoms. The largest absolute Gasteiger partial charge is 0.310 e. The molecule has 1 aliphatic rings. The summed E-state index contributed by atoms with van der Waals surface area (Å²) in [4.78, 5) is 2.51. The smallest absolute Gasteiger partial charge is 0.0546 e. The third kappa shape index (κ3) is 6.40. The Kier molecular flexibility index (Phi) is 9.21. The molecule has 0 N–H and O–H groups in total. The Labute approximate surface area is 381 Å². The summed E-state index contributed by atoms with van der Waals surface area (Å²) in [5.74, 6) is 0. The molecule has 0 radical (unpaired) electrons. The molecule has 0 fully saturated rings. The molecule has 1 heterocycles. The Morgan fingerprint density at radius 1 is 0.338 bits per heavy atom. The molecule has 0 atom stereocenters. The van der Waals surface area contributed by atoms with Gasteiger partial charge >= 0.3 is 0 Å². The van der Waals surface area contributed by atoms with E-state index in [9.17, 15) is 0 Å². The van der Waals surface area contributed by atoms with Crippen LogP contribution < -0.4 is 4.90 Å². The molecule has 11 aromatic rings. The van der Waals surface area contributed by atoms with E-state index in [2.05, 4.69) is 266 Å². The number of fused-ring (bicyclic) bond motifs is 6. The van der Waals surface area contributed by atoms with E-state index >= 15 is 0 Å². The molecule has 308 valence electrons. The summed E-state index contributed by atoms with van der Waals surface area (Å²) in [5, 5.41) is 2.49. The van der Waals surface area contributed by atoms with E-state index in [4.69, 9.17) is 0 Å². The minimum atomic E-state index is -0.176. The summed E-state index contributed by atoms with van der Waals surface area (Å²) in [6.45, 7) is 4.74. The molecule has 1 aliphatic carbocycles. The summed E-state index contributed by atoms with van der Waals surface area (Å²) >= 11 is 0. The number of para-hydroxylation sites is 2. The first kappa shape index (κ1) is 38.5. The van der Waals surface area contributed by atoms with Gasteiger partial charge in [0.15, 0.2) is 0 Å². The van der Waals surface area contributed by atoms with Gasteiger partial charge in [-0.05, 0) is 110 Å². The van der Waals surface area contributed by atoms with Gasteiger partial charge in [0.25, 0.3) is 0 Å². The minimum Gasteiger partial charge on any atom is -0.310 e. The second-order valence-corrected chi connectivity index (χ2v) is 17.7. The minimum absolute atomic E-state index is 0.176. The van der Waals surface area contributed by atoms with Gasteiger partial charge in [-0.15, -0.1) is 0 Å². The molecule has 10 aromatic carbocycles. The summed E-state index contributed by atoms with van der Waals surface area (Å²) in [5.41, 5.74) is 21.4. The van der Waals surface area contributed by atoms with Crippen LogP contribution in [0.1, 0.15) is 25.0 Å². The van der Waals surface area contributed by atoms with Gasteiger partial charge in [0, 0.05) is 38.8 Å².